The number of rotatable bonds is 4. The molecule has 1 saturated heterocycles. The molecule has 16 heavy (non-hydrogen) atoms. The van der Waals surface area contributed by atoms with Crippen molar-refractivity contribution < 1.29 is 13.2 Å². The highest BCUT2D eigenvalue weighted by Gasteiger charge is 2.27. The number of nitrogens with one attached hydrogen (secondary N) is 2. The summed E-state index contributed by atoms with van der Waals surface area (Å²) < 4.78 is 21.8. The maximum absolute atomic E-state index is 11.7. The van der Waals surface area contributed by atoms with Gasteiger partial charge in [-0.15, -0.1) is 0 Å². The minimum atomic E-state index is -2.99. The zero-order valence-corrected chi connectivity index (χ0v) is 10.6. The summed E-state index contributed by atoms with van der Waals surface area (Å²) in [6.45, 7) is 3.15. The number of carbonyl (C=O) groups excluding carboxylic acids is 1. The lowest BCUT2D eigenvalue weighted by Gasteiger charge is -2.28. The van der Waals surface area contributed by atoms with E-state index in [1.807, 2.05) is 6.92 Å². The Morgan fingerprint density at radius 1 is 1.50 bits per heavy atom. The van der Waals surface area contributed by atoms with Crippen LogP contribution >= 0.6 is 0 Å². The molecule has 2 N–H and O–H groups in total. The van der Waals surface area contributed by atoms with Gasteiger partial charge in [-0.1, -0.05) is 0 Å². The van der Waals surface area contributed by atoms with Gasteiger partial charge in [0.2, 0.25) is 5.91 Å². The first-order valence-electron chi connectivity index (χ1n) is 5.59. The van der Waals surface area contributed by atoms with Crippen LogP contribution in [-0.2, 0) is 14.6 Å². The Bertz CT molecular complexity index is 340. The summed E-state index contributed by atoms with van der Waals surface area (Å²) in [5.74, 6) is -0.0653. The van der Waals surface area contributed by atoms with Crippen molar-refractivity contribution in [2.24, 2.45) is 5.92 Å². The van der Waals surface area contributed by atoms with E-state index in [2.05, 4.69) is 10.6 Å². The highest BCUT2D eigenvalue weighted by atomic mass is 32.2. The lowest BCUT2D eigenvalue weighted by Crippen LogP contribution is -2.47. The lowest BCUT2D eigenvalue weighted by molar-refractivity contribution is -0.126. The van der Waals surface area contributed by atoms with Gasteiger partial charge in [0.25, 0.3) is 0 Å². The minimum Gasteiger partial charge on any atom is -0.355 e. The molecule has 1 heterocycles. The van der Waals surface area contributed by atoms with Gasteiger partial charge < -0.3 is 10.6 Å². The predicted molar refractivity (Wildman–Crippen MR) is 62.9 cm³/mol. The summed E-state index contributed by atoms with van der Waals surface area (Å²) in [6.07, 6.45) is 3.04. The zero-order chi connectivity index (χ0) is 12.2. The Hall–Kier alpha value is -0.620. The second-order valence-electron chi connectivity index (χ2n) is 4.41. The van der Waals surface area contributed by atoms with Gasteiger partial charge in [-0.05, 0) is 26.3 Å². The normalized spacial score (nSPS) is 26.4. The number of sulfone groups is 1. The topological polar surface area (TPSA) is 75.3 Å². The van der Waals surface area contributed by atoms with E-state index in [4.69, 9.17) is 0 Å². The average molecular weight is 248 g/mol. The molecular formula is C10H20N2O3S. The van der Waals surface area contributed by atoms with E-state index >= 15 is 0 Å². The Balaban J connectivity index is 2.34. The van der Waals surface area contributed by atoms with E-state index in [1.165, 1.54) is 6.26 Å². The molecule has 0 spiro atoms. The molecule has 6 heteroatoms. The Morgan fingerprint density at radius 2 is 2.19 bits per heavy atom. The summed E-state index contributed by atoms with van der Waals surface area (Å²) in [7, 11) is -2.99. The zero-order valence-electron chi connectivity index (χ0n) is 9.82. The average Bonchev–Trinajstić information content (AvgIpc) is 2.16. The third-order valence-corrected chi connectivity index (χ3v) is 3.82. The van der Waals surface area contributed by atoms with Crippen molar-refractivity contribution in [3.8, 4) is 0 Å². The molecule has 1 aliphatic heterocycles. The predicted octanol–water partition coefficient (Wildman–Crippen LogP) is -0.465. The first-order chi connectivity index (χ1) is 7.40. The summed E-state index contributed by atoms with van der Waals surface area (Å²) in [4.78, 5) is 11.7. The molecule has 94 valence electrons. The molecule has 0 bridgehead atoms. The van der Waals surface area contributed by atoms with Gasteiger partial charge in [0.05, 0.1) is 11.7 Å². The third kappa shape index (κ3) is 4.49. The van der Waals surface area contributed by atoms with E-state index in [-0.39, 0.29) is 30.2 Å². The van der Waals surface area contributed by atoms with Gasteiger partial charge in [0, 0.05) is 18.8 Å². The van der Waals surface area contributed by atoms with Crippen LogP contribution < -0.4 is 10.6 Å². The SMILES string of the molecule is CC1NCCCC1C(=O)NCCS(C)(=O)=O. The molecule has 1 amide bonds. The molecule has 1 fully saturated rings. The van der Waals surface area contributed by atoms with Crippen LogP contribution in [0.15, 0.2) is 0 Å². The van der Waals surface area contributed by atoms with E-state index in [9.17, 15) is 13.2 Å². The highest BCUT2D eigenvalue weighted by molar-refractivity contribution is 7.90. The highest BCUT2D eigenvalue weighted by Crippen LogP contribution is 2.15. The summed E-state index contributed by atoms with van der Waals surface area (Å²) in [5.41, 5.74) is 0. The number of carbonyl (C=O) groups is 1. The third-order valence-electron chi connectivity index (χ3n) is 2.87. The van der Waals surface area contributed by atoms with Crippen molar-refractivity contribution in [3.63, 3.8) is 0 Å². The Labute approximate surface area is 96.9 Å². The fraction of sp³-hybridized carbons (Fsp3) is 0.900. The van der Waals surface area contributed by atoms with Crippen LogP contribution in [0, 0.1) is 5.92 Å². The van der Waals surface area contributed by atoms with Gasteiger partial charge in [-0.3, -0.25) is 4.79 Å². The summed E-state index contributed by atoms with van der Waals surface area (Å²) in [5, 5.41) is 5.92. The molecule has 0 aromatic rings. The molecular weight excluding hydrogens is 228 g/mol. The molecule has 1 aliphatic rings. The van der Waals surface area contributed by atoms with Crippen LogP contribution in [0.4, 0.5) is 0 Å². The maximum Gasteiger partial charge on any atom is 0.224 e. The van der Waals surface area contributed by atoms with Gasteiger partial charge in [-0.25, -0.2) is 8.42 Å². The molecule has 0 radical (unpaired) electrons. The van der Waals surface area contributed by atoms with Crippen LogP contribution in [0.1, 0.15) is 19.8 Å². The monoisotopic (exact) mass is 248 g/mol. The summed E-state index contributed by atoms with van der Waals surface area (Å²) in [6, 6.07) is 0.173. The second-order valence-corrected chi connectivity index (χ2v) is 6.67. The van der Waals surface area contributed by atoms with Gasteiger partial charge in [-0.2, -0.15) is 0 Å². The molecule has 0 aliphatic carbocycles. The molecule has 2 atom stereocenters. The first-order valence-corrected chi connectivity index (χ1v) is 7.65. The fourth-order valence-corrected chi connectivity index (χ4v) is 2.37. The van der Waals surface area contributed by atoms with Crippen molar-refractivity contribution in [3.05, 3.63) is 0 Å². The van der Waals surface area contributed by atoms with Crippen molar-refractivity contribution in [1.82, 2.24) is 10.6 Å². The molecule has 5 nitrogen and oxygen atoms in total. The molecule has 2 unspecified atom stereocenters. The second kappa shape index (κ2) is 5.63. The number of hydrogen-bond donors (Lipinski definition) is 2. The number of hydrogen-bond acceptors (Lipinski definition) is 4. The molecule has 0 saturated carbocycles. The van der Waals surface area contributed by atoms with E-state index in [0.29, 0.717) is 0 Å². The van der Waals surface area contributed by atoms with Crippen LogP contribution in [0.3, 0.4) is 0 Å². The first kappa shape index (κ1) is 13.4. The largest absolute Gasteiger partial charge is 0.355 e. The molecule has 1 rings (SSSR count). The number of piperidine rings is 1. The van der Waals surface area contributed by atoms with Crippen LogP contribution in [0.5, 0.6) is 0 Å². The Kier molecular flexibility index (Phi) is 4.73. The van der Waals surface area contributed by atoms with E-state index in [0.717, 1.165) is 19.4 Å². The van der Waals surface area contributed by atoms with Crippen molar-refractivity contribution in [2.75, 3.05) is 25.1 Å². The van der Waals surface area contributed by atoms with Crippen molar-refractivity contribution >= 4 is 15.7 Å². The van der Waals surface area contributed by atoms with Crippen LogP contribution in [0.25, 0.3) is 0 Å². The minimum absolute atomic E-state index is 0.00721. The fourth-order valence-electron chi connectivity index (χ4n) is 1.89. The van der Waals surface area contributed by atoms with Crippen molar-refractivity contribution in [1.29, 1.82) is 0 Å². The standard InChI is InChI=1S/C10H20N2O3S/c1-8-9(4-3-5-11-8)10(13)12-6-7-16(2,14)15/h8-9,11H,3-7H2,1-2H3,(H,12,13). The van der Waals surface area contributed by atoms with Crippen LogP contribution in [0.2, 0.25) is 0 Å². The van der Waals surface area contributed by atoms with E-state index in [1.54, 1.807) is 0 Å². The molecule has 0 aromatic carbocycles. The van der Waals surface area contributed by atoms with Gasteiger partial charge in [0.15, 0.2) is 0 Å². The van der Waals surface area contributed by atoms with E-state index < -0.39 is 9.84 Å². The smallest absolute Gasteiger partial charge is 0.224 e. The maximum atomic E-state index is 11.7. The Morgan fingerprint density at radius 3 is 2.75 bits per heavy atom. The quantitative estimate of drug-likeness (QED) is 0.705. The van der Waals surface area contributed by atoms with Gasteiger partial charge >= 0.3 is 0 Å². The van der Waals surface area contributed by atoms with Gasteiger partial charge in [0.1, 0.15) is 9.84 Å². The molecule has 0 aromatic heterocycles. The summed E-state index contributed by atoms with van der Waals surface area (Å²) >= 11 is 0. The number of amides is 1. The van der Waals surface area contributed by atoms with Crippen LogP contribution in [-0.4, -0.2) is 45.5 Å². The van der Waals surface area contributed by atoms with Crippen molar-refractivity contribution in [2.45, 2.75) is 25.8 Å². The lowest BCUT2D eigenvalue weighted by atomic mass is 9.91.